The van der Waals surface area contributed by atoms with Crippen molar-refractivity contribution < 1.29 is 19.1 Å². The smallest absolute Gasteiger partial charge is 0.406 e. The molecule has 2 aromatic carbocycles. The Morgan fingerprint density at radius 2 is 1.62 bits per heavy atom. The van der Waals surface area contributed by atoms with E-state index >= 15 is 0 Å². The van der Waals surface area contributed by atoms with Crippen molar-refractivity contribution in [2.24, 2.45) is 12.8 Å². The molecule has 3 heterocycles. The van der Waals surface area contributed by atoms with Crippen molar-refractivity contribution in [3.63, 3.8) is 0 Å². The molecule has 5 rings (SSSR count). The Bertz CT molecular complexity index is 1440. The zero-order valence-electron chi connectivity index (χ0n) is 27.2. The van der Waals surface area contributed by atoms with Gasteiger partial charge >= 0.3 is 6.09 Å². The van der Waals surface area contributed by atoms with E-state index < -0.39 is 12.4 Å². The van der Waals surface area contributed by atoms with Crippen molar-refractivity contribution in [1.29, 1.82) is 0 Å². The van der Waals surface area contributed by atoms with E-state index in [1.807, 2.05) is 18.0 Å². The normalized spacial score (nSPS) is 18.2. The Morgan fingerprint density at radius 3 is 2.31 bits per heavy atom. The lowest BCUT2D eigenvalue weighted by Gasteiger charge is -2.41. The van der Waals surface area contributed by atoms with Gasteiger partial charge < -0.3 is 34.5 Å². The monoisotopic (exact) mass is 616 g/mol. The molecule has 3 aromatic rings. The lowest BCUT2D eigenvalue weighted by Crippen LogP contribution is -2.54. The summed E-state index contributed by atoms with van der Waals surface area (Å²) in [4.78, 5) is 34.2. The average Bonchev–Trinajstić information content (AvgIpc) is 3.33. The molecule has 45 heavy (non-hydrogen) atoms. The first-order chi connectivity index (χ1) is 21.7. The van der Waals surface area contributed by atoms with Crippen molar-refractivity contribution in [2.75, 3.05) is 62.7 Å². The highest BCUT2D eigenvalue weighted by molar-refractivity contribution is 5.93. The fourth-order valence-electron chi connectivity index (χ4n) is 6.64. The van der Waals surface area contributed by atoms with Gasteiger partial charge in [-0.05, 0) is 62.1 Å². The quantitative estimate of drug-likeness (QED) is 0.319. The zero-order chi connectivity index (χ0) is 31.9. The predicted molar refractivity (Wildman–Crippen MR) is 178 cm³/mol. The second-order valence-corrected chi connectivity index (χ2v) is 12.2. The molecule has 2 amide bonds. The molecule has 2 aliphatic heterocycles. The number of piperazine rings is 2. The minimum atomic E-state index is -0.819. The SMILES string of the molecule is COC(CCCc1ccccc1N1CCN(Cc2cc(C(=O)N3CCN(c4ccccc4)CC3C)n(C)c2C)CC1)OC(N)=O. The van der Waals surface area contributed by atoms with Crippen LogP contribution < -0.4 is 15.5 Å². The fourth-order valence-corrected chi connectivity index (χ4v) is 6.64. The van der Waals surface area contributed by atoms with Crippen LogP contribution in [0.3, 0.4) is 0 Å². The number of ether oxygens (including phenoxy) is 2. The number of aryl methyl sites for hydroxylation is 1. The number of hydrogen-bond donors (Lipinski definition) is 1. The number of methoxy groups -OCH3 is 1. The third-order valence-electron chi connectivity index (χ3n) is 9.36. The predicted octanol–water partition coefficient (Wildman–Crippen LogP) is 4.40. The van der Waals surface area contributed by atoms with Crippen LogP contribution >= 0.6 is 0 Å². The van der Waals surface area contributed by atoms with Crippen LogP contribution in [0.15, 0.2) is 60.7 Å². The van der Waals surface area contributed by atoms with E-state index in [2.05, 4.69) is 87.7 Å². The topological polar surface area (TPSA) is 96.5 Å². The zero-order valence-corrected chi connectivity index (χ0v) is 27.2. The van der Waals surface area contributed by atoms with Crippen LogP contribution in [0, 0.1) is 6.92 Å². The average molecular weight is 617 g/mol. The van der Waals surface area contributed by atoms with Gasteiger partial charge in [-0.15, -0.1) is 0 Å². The molecule has 1 aromatic heterocycles. The number of aromatic nitrogens is 1. The summed E-state index contributed by atoms with van der Waals surface area (Å²) < 4.78 is 12.3. The van der Waals surface area contributed by atoms with Gasteiger partial charge in [-0.25, -0.2) is 4.79 Å². The van der Waals surface area contributed by atoms with Gasteiger partial charge in [0.05, 0.1) is 0 Å². The number of carbonyl (C=O) groups excluding carboxylic acids is 2. The van der Waals surface area contributed by atoms with E-state index in [4.69, 9.17) is 15.2 Å². The highest BCUT2D eigenvalue weighted by Gasteiger charge is 2.31. The van der Waals surface area contributed by atoms with Crippen molar-refractivity contribution >= 4 is 23.4 Å². The molecule has 10 heteroatoms. The van der Waals surface area contributed by atoms with Crippen LogP contribution in [-0.2, 0) is 29.5 Å². The maximum Gasteiger partial charge on any atom is 0.406 e. The van der Waals surface area contributed by atoms with Crippen LogP contribution in [0.25, 0.3) is 0 Å². The van der Waals surface area contributed by atoms with E-state index in [-0.39, 0.29) is 11.9 Å². The first-order valence-corrected chi connectivity index (χ1v) is 16.1. The summed E-state index contributed by atoms with van der Waals surface area (Å²) in [5.41, 5.74) is 12.0. The molecule has 2 N–H and O–H groups in total. The van der Waals surface area contributed by atoms with E-state index in [0.717, 1.165) is 70.0 Å². The van der Waals surface area contributed by atoms with E-state index in [1.54, 1.807) is 0 Å². The Morgan fingerprint density at radius 1 is 0.933 bits per heavy atom. The van der Waals surface area contributed by atoms with Crippen LogP contribution in [-0.4, -0.2) is 91.6 Å². The Balaban J connectivity index is 1.15. The number of nitrogens with zero attached hydrogens (tertiary/aromatic N) is 5. The Kier molecular flexibility index (Phi) is 10.7. The van der Waals surface area contributed by atoms with Crippen LogP contribution in [0.4, 0.5) is 16.2 Å². The van der Waals surface area contributed by atoms with Crippen LogP contribution in [0.2, 0.25) is 0 Å². The summed E-state index contributed by atoms with van der Waals surface area (Å²) in [6.07, 6.45) is 0.826. The summed E-state index contributed by atoms with van der Waals surface area (Å²) in [6.45, 7) is 11.2. The summed E-state index contributed by atoms with van der Waals surface area (Å²) in [6, 6.07) is 21.2. The van der Waals surface area contributed by atoms with Crippen molar-refractivity contribution in [3.05, 3.63) is 83.2 Å². The molecule has 2 aliphatic rings. The second kappa shape index (κ2) is 14.8. The summed E-state index contributed by atoms with van der Waals surface area (Å²) in [7, 11) is 3.53. The number of anilines is 2. The van der Waals surface area contributed by atoms with Crippen molar-refractivity contribution in [1.82, 2.24) is 14.4 Å². The van der Waals surface area contributed by atoms with E-state index in [9.17, 15) is 9.59 Å². The molecule has 10 nitrogen and oxygen atoms in total. The number of benzene rings is 2. The Hall–Kier alpha value is -4.02. The fraction of sp³-hybridized carbons (Fsp3) is 0.486. The lowest BCUT2D eigenvalue weighted by atomic mass is 10.0. The molecular formula is C35H48N6O4. The van der Waals surface area contributed by atoms with Crippen molar-refractivity contribution in [2.45, 2.75) is 52.0 Å². The van der Waals surface area contributed by atoms with Gasteiger partial charge in [-0.1, -0.05) is 36.4 Å². The standard InChI is InChI=1S/C35H48N6O4/c1-26-24-40(30-13-6-5-7-14-30)21-22-41(26)34(42)32-23-29(27(2)37(32)3)25-38-17-19-39(20-18-38)31-15-9-8-11-28(31)12-10-16-33(44-4)45-35(36)43/h5-9,11,13-15,23,26,33H,10,12,16-22,24-25H2,1-4H3,(H2,36,43). The van der Waals surface area contributed by atoms with E-state index in [0.29, 0.717) is 13.0 Å². The molecule has 2 unspecified atom stereocenters. The number of primary amides is 1. The van der Waals surface area contributed by atoms with Gasteiger partial charge in [0.2, 0.25) is 6.29 Å². The number of carbonyl (C=O) groups is 2. The van der Waals surface area contributed by atoms with Gasteiger partial charge in [0.25, 0.3) is 5.91 Å². The highest BCUT2D eigenvalue weighted by Crippen LogP contribution is 2.26. The highest BCUT2D eigenvalue weighted by atomic mass is 16.7. The maximum absolute atomic E-state index is 13.8. The van der Waals surface area contributed by atoms with Crippen molar-refractivity contribution in [3.8, 4) is 0 Å². The lowest BCUT2D eigenvalue weighted by molar-refractivity contribution is -0.0833. The van der Waals surface area contributed by atoms with Crippen LogP contribution in [0.1, 0.15) is 47.1 Å². The van der Waals surface area contributed by atoms with Crippen LogP contribution in [0.5, 0.6) is 0 Å². The summed E-state index contributed by atoms with van der Waals surface area (Å²) in [5.74, 6) is 0.117. The largest absolute Gasteiger partial charge is 0.420 e. The minimum absolute atomic E-state index is 0.117. The molecule has 0 spiro atoms. The maximum atomic E-state index is 13.8. The molecule has 242 valence electrons. The molecule has 0 saturated carbocycles. The third-order valence-corrected chi connectivity index (χ3v) is 9.36. The van der Waals surface area contributed by atoms with Gasteiger partial charge in [-0.3, -0.25) is 9.69 Å². The molecule has 0 bridgehead atoms. The minimum Gasteiger partial charge on any atom is -0.420 e. The molecular weight excluding hydrogens is 568 g/mol. The van der Waals surface area contributed by atoms with Gasteiger partial charge in [-0.2, -0.15) is 0 Å². The van der Waals surface area contributed by atoms with Gasteiger partial charge in [0.15, 0.2) is 0 Å². The summed E-state index contributed by atoms with van der Waals surface area (Å²) in [5, 5.41) is 0. The number of hydrogen-bond acceptors (Lipinski definition) is 7. The molecule has 2 atom stereocenters. The number of nitrogens with two attached hydrogens (primary N) is 1. The second-order valence-electron chi connectivity index (χ2n) is 12.2. The summed E-state index contributed by atoms with van der Waals surface area (Å²) >= 11 is 0. The van der Waals surface area contributed by atoms with Gasteiger partial charge in [0, 0.05) is 96.0 Å². The molecule has 2 saturated heterocycles. The third kappa shape index (κ3) is 7.80. The Labute approximate surface area is 267 Å². The first-order valence-electron chi connectivity index (χ1n) is 16.1. The van der Waals surface area contributed by atoms with E-state index in [1.165, 1.54) is 29.6 Å². The molecule has 0 radical (unpaired) electrons. The number of rotatable bonds is 11. The number of para-hydroxylation sites is 2. The molecule has 2 fully saturated rings. The van der Waals surface area contributed by atoms with Gasteiger partial charge in [0.1, 0.15) is 5.69 Å². The first kappa shape index (κ1) is 32.4. The number of amides is 2. The molecule has 0 aliphatic carbocycles.